The Morgan fingerprint density at radius 3 is 3.12 bits per heavy atom. The highest BCUT2D eigenvalue weighted by Gasteiger charge is 2.13. The summed E-state index contributed by atoms with van der Waals surface area (Å²) >= 11 is 1.32. The predicted molar refractivity (Wildman–Crippen MR) is 67.2 cm³/mol. The van der Waals surface area contributed by atoms with E-state index in [1.165, 1.54) is 11.8 Å². The molecule has 90 valence electrons. The Hall–Kier alpha value is -1.53. The fraction of sp³-hybridized carbons (Fsp3) is 0.273. The van der Waals surface area contributed by atoms with Crippen molar-refractivity contribution < 1.29 is 9.90 Å². The van der Waals surface area contributed by atoms with E-state index in [1.807, 2.05) is 25.1 Å². The first-order valence-corrected chi connectivity index (χ1v) is 6.12. The number of carboxylic acids is 1. The fourth-order valence-corrected chi connectivity index (χ4v) is 2.23. The molecule has 1 aromatic heterocycles. The molecule has 2 rings (SSSR count). The summed E-state index contributed by atoms with van der Waals surface area (Å²) in [5.41, 5.74) is 8.41. The molecule has 5 nitrogen and oxygen atoms in total. The van der Waals surface area contributed by atoms with Gasteiger partial charge < -0.3 is 15.8 Å². The summed E-state index contributed by atoms with van der Waals surface area (Å²) in [6.07, 6.45) is 0. The van der Waals surface area contributed by atoms with E-state index in [1.54, 1.807) is 0 Å². The van der Waals surface area contributed by atoms with Gasteiger partial charge in [0, 0.05) is 5.75 Å². The Bertz CT molecular complexity index is 553. The standard InChI is InChI=1S/C11H13N3O2S/c1-6-2-3-8-9(4-6)14-11(13-8)17-5-7(12)10(15)16/h2-4,7H,5,12H2,1H3,(H,13,14)(H,15,16). The van der Waals surface area contributed by atoms with Crippen LogP contribution in [-0.2, 0) is 4.79 Å². The van der Waals surface area contributed by atoms with Gasteiger partial charge in [0.15, 0.2) is 5.16 Å². The number of nitrogens with two attached hydrogens (primary N) is 1. The lowest BCUT2D eigenvalue weighted by molar-refractivity contribution is -0.137. The van der Waals surface area contributed by atoms with Gasteiger partial charge in [0.1, 0.15) is 6.04 Å². The van der Waals surface area contributed by atoms with Gasteiger partial charge in [0.2, 0.25) is 0 Å². The zero-order valence-corrected chi connectivity index (χ0v) is 10.1. The summed E-state index contributed by atoms with van der Waals surface area (Å²) in [6, 6.07) is 5.06. The lowest BCUT2D eigenvalue weighted by atomic mass is 10.2. The van der Waals surface area contributed by atoms with Crippen molar-refractivity contribution in [1.82, 2.24) is 9.97 Å². The number of aliphatic carboxylic acids is 1. The van der Waals surface area contributed by atoms with Crippen LogP contribution in [0.4, 0.5) is 0 Å². The molecule has 0 saturated carbocycles. The van der Waals surface area contributed by atoms with Crippen LogP contribution in [0.3, 0.4) is 0 Å². The molecule has 0 aliphatic rings. The van der Waals surface area contributed by atoms with Crippen LogP contribution < -0.4 is 5.73 Å². The van der Waals surface area contributed by atoms with E-state index < -0.39 is 12.0 Å². The molecule has 2 aromatic rings. The Kier molecular flexibility index (Phi) is 3.35. The van der Waals surface area contributed by atoms with Gasteiger partial charge in [-0.1, -0.05) is 17.8 Å². The van der Waals surface area contributed by atoms with Gasteiger partial charge in [-0.25, -0.2) is 4.98 Å². The van der Waals surface area contributed by atoms with Crippen molar-refractivity contribution in [2.24, 2.45) is 5.73 Å². The molecule has 0 aliphatic carbocycles. The first kappa shape index (κ1) is 11.9. The molecule has 1 heterocycles. The van der Waals surface area contributed by atoms with E-state index in [2.05, 4.69) is 9.97 Å². The molecule has 17 heavy (non-hydrogen) atoms. The molecule has 0 bridgehead atoms. The normalized spacial score (nSPS) is 12.8. The second kappa shape index (κ2) is 4.77. The number of imidazole rings is 1. The molecule has 0 saturated heterocycles. The van der Waals surface area contributed by atoms with Gasteiger partial charge >= 0.3 is 5.97 Å². The van der Waals surface area contributed by atoms with Crippen molar-refractivity contribution in [3.8, 4) is 0 Å². The summed E-state index contributed by atoms with van der Waals surface area (Å²) < 4.78 is 0. The summed E-state index contributed by atoms with van der Waals surface area (Å²) in [6.45, 7) is 2.01. The van der Waals surface area contributed by atoms with Crippen LogP contribution in [0.5, 0.6) is 0 Å². The van der Waals surface area contributed by atoms with Crippen LogP contribution in [0.25, 0.3) is 11.0 Å². The quantitative estimate of drug-likeness (QED) is 0.714. The molecular formula is C11H13N3O2S. The minimum absolute atomic E-state index is 0.300. The number of hydrogen-bond donors (Lipinski definition) is 3. The van der Waals surface area contributed by atoms with Crippen LogP contribution in [0.15, 0.2) is 23.4 Å². The Morgan fingerprint density at radius 2 is 2.41 bits per heavy atom. The lowest BCUT2D eigenvalue weighted by Crippen LogP contribution is -2.32. The smallest absolute Gasteiger partial charge is 0.321 e. The molecule has 1 unspecified atom stereocenters. The SMILES string of the molecule is Cc1ccc2nc(SCC(N)C(=O)O)[nH]c2c1. The Balaban J connectivity index is 2.12. The number of benzene rings is 1. The number of carbonyl (C=O) groups is 1. The number of H-pyrrole nitrogens is 1. The molecule has 1 aromatic carbocycles. The molecule has 0 aliphatic heterocycles. The predicted octanol–water partition coefficient (Wildman–Crippen LogP) is 1.38. The van der Waals surface area contributed by atoms with Gasteiger partial charge in [-0.3, -0.25) is 4.79 Å². The summed E-state index contributed by atoms with van der Waals surface area (Å²) in [5.74, 6) is -0.696. The molecular weight excluding hydrogens is 238 g/mol. The summed E-state index contributed by atoms with van der Waals surface area (Å²) in [4.78, 5) is 18.0. The number of fused-ring (bicyclic) bond motifs is 1. The lowest BCUT2D eigenvalue weighted by Gasteiger charge is -2.02. The maximum Gasteiger partial charge on any atom is 0.321 e. The molecule has 4 N–H and O–H groups in total. The van der Waals surface area contributed by atoms with E-state index in [-0.39, 0.29) is 0 Å². The van der Waals surface area contributed by atoms with Crippen molar-refractivity contribution >= 4 is 28.8 Å². The minimum atomic E-state index is -0.996. The number of carboxylic acid groups (broad SMARTS) is 1. The highest BCUT2D eigenvalue weighted by atomic mass is 32.2. The average Bonchev–Trinajstić information content (AvgIpc) is 2.67. The zero-order valence-electron chi connectivity index (χ0n) is 9.30. The van der Waals surface area contributed by atoms with E-state index in [0.717, 1.165) is 16.6 Å². The third kappa shape index (κ3) is 2.78. The van der Waals surface area contributed by atoms with Crippen LogP contribution in [0.1, 0.15) is 5.56 Å². The number of rotatable bonds is 4. The van der Waals surface area contributed by atoms with Crippen molar-refractivity contribution in [2.45, 2.75) is 18.1 Å². The Morgan fingerprint density at radius 1 is 1.65 bits per heavy atom. The fourth-order valence-electron chi connectivity index (χ4n) is 1.41. The third-order valence-corrected chi connectivity index (χ3v) is 3.33. The number of thioether (sulfide) groups is 1. The van der Waals surface area contributed by atoms with Crippen molar-refractivity contribution in [3.63, 3.8) is 0 Å². The highest BCUT2D eigenvalue weighted by molar-refractivity contribution is 7.99. The van der Waals surface area contributed by atoms with E-state index >= 15 is 0 Å². The molecule has 0 amide bonds. The molecule has 0 fully saturated rings. The number of nitrogens with zero attached hydrogens (tertiary/aromatic N) is 1. The second-order valence-electron chi connectivity index (χ2n) is 3.82. The van der Waals surface area contributed by atoms with Crippen molar-refractivity contribution in [1.29, 1.82) is 0 Å². The van der Waals surface area contributed by atoms with Crippen LogP contribution in [0, 0.1) is 6.92 Å². The molecule has 1 atom stereocenters. The molecule has 0 spiro atoms. The average molecular weight is 251 g/mol. The van der Waals surface area contributed by atoms with E-state index in [4.69, 9.17) is 10.8 Å². The number of hydrogen-bond acceptors (Lipinski definition) is 4. The number of nitrogens with one attached hydrogen (secondary N) is 1. The van der Waals surface area contributed by atoms with E-state index in [9.17, 15) is 4.79 Å². The van der Waals surface area contributed by atoms with Crippen molar-refractivity contribution in [2.75, 3.05) is 5.75 Å². The van der Waals surface area contributed by atoms with Gasteiger partial charge in [-0.05, 0) is 24.6 Å². The molecule has 0 radical (unpaired) electrons. The van der Waals surface area contributed by atoms with Crippen LogP contribution in [-0.4, -0.2) is 32.8 Å². The van der Waals surface area contributed by atoms with Gasteiger partial charge in [0.25, 0.3) is 0 Å². The van der Waals surface area contributed by atoms with Gasteiger partial charge in [0.05, 0.1) is 11.0 Å². The maximum absolute atomic E-state index is 10.6. The Labute approximate surface area is 102 Å². The number of aryl methyl sites for hydroxylation is 1. The van der Waals surface area contributed by atoms with Crippen molar-refractivity contribution in [3.05, 3.63) is 23.8 Å². The summed E-state index contributed by atoms with van der Waals surface area (Å²) in [7, 11) is 0. The largest absolute Gasteiger partial charge is 0.480 e. The number of aromatic nitrogens is 2. The van der Waals surface area contributed by atoms with Gasteiger partial charge in [-0.2, -0.15) is 0 Å². The highest BCUT2D eigenvalue weighted by Crippen LogP contribution is 2.20. The third-order valence-electron chi connectivity index (χ3n) is 2.33. The first-order valence-electron chi connectivity index (χ1n) is 5.14. The second-order valence-corrected chi connectivity index (χ2v) is 4.83. The first-order chi connectivity index (χ1) is 8.06. The van der Waals surface area contributed by atoms with Gasteiger partial charge in [-0.15, -0.1) is 0 Å². The molecule has 6 heteroatoms. The minimum Gasteiger partial charge on any atom is -0.480 e. The zero-order chi connectivity index (χ0) is 12.4. The maximum atomic E-state index is 10.6. The monoisotopic (exact) mass is 251 g/mol. The summed E-state index contributed by atoms with van der Waals surface area (Å²) in [5, 5.41) is 9.36. The number of aromatic amines is 1. The van der Waals surface area contributed by atoms with Crippen LogP contribution >= 0.6 is 11.8 Å². The topological polar surface area (TPSA) is 92.0 Å². The van der Waals surface area contributed by atoms with Crippen LogP contribution in [0.2, 0.25) is 0 Å². The van der Waals surface area contributed by atoms with E-state index in [0.29, 0.717) is 10.9 Å².